The number of likely N-dealkylation sites (tertiary alicyclic amines) is 1. The summed E-state index contributed by atoms with van der Waals surface area (Å²) < 4.78 is 0. The Kier molecular flexibility index (Phi) is 3.32. The Morgan fingerprint density at radius 3 is 2.65 bits per heavy atom. The number of nitrogens with zero attached hydrogens (tertiary/aromatic N) is 3. The molecule has 1 aromatic heterocycles. The van der Waals surface area contributed by atoms with Gasteiger partial charge in [0.25, 0.3) is 5.91 Å². The summed E-state index contributed by atoms with van der Waals surface area (Å²) in [7, 11) is 0. The molecule has 6 heteroatoms. The van der Waals surface area contributed by atoms with Crippen LogP contribution in [0.5, 0.6) is 0 Å². The first-order valence-electron chi connectivity index (χ1n) is 5.49. The van der Waals surface area contributed by atoms with E-state index in [9.17, 15) is 9.59 Å². The van der Waals surface area contributed by atoms with Gasteiger partial charge in [-0.1, -0.05) is 0 Å². The van der Waals surface area contributed by atoms with Crippen LogP contribution in [0.25, 0.3) is 0 Å². The van der Waals surface area contributed by atoms with E-state index >= 15 is 0 Å². The van der Waals surface area contributed by atoms with Crippen LogP contribution in [0.2, 0.25) is 0 Å². The molecular weight excluding hydrogens is 222 g/mol. The Morgan fingerprint density at radius 1 is 1.29 bits per heavy atom. The Bertz CT molecular complexity index is 421. The highest BCUT2D eigenvalue weighted by Gasteiger charge is 2.32. The summed E-state index contributed by atoms with van der Waals surface area (Å²) in [6.07, 6.45) is 6.33. The molecule has 1 aliphatic heterocycles. The summed E-state index contributed by atoms with van der Waals surface area (Å²) in [4.78, 5) is 32.1. The van der Waals surface area contributed by atoms with E-state index in [1.165, 1.54) is 23.6 Å². The normalized spacial score (nSPS) is 20.0. The van der Waals surface area contributed by atoms with Crippen molar-refractivity contribution in [3.63, 3.8) is 0 Å². The molecule has 2 heterocycles. The standard InChI is InChI=1S/C11H13N3O3/c15-10(8-5-12-7-13-6-8)14-4-2-1-3-9(14)11(16)17/h5-7,9H,1-4H2,(H,16,17)/t9-/m1/s1. The van der Waals surface area contributed by atoms with Gasteiger partial charge in [0.2, 0.25) is 0 Å². The molecule has 90 valence electrons. The fraction of sp³-hybridized carbons (Fsp3) is 0.455. The lowest BCUT2D eigenvalue weighted by molar-refractivity contribution is -0.143. The molecule has 0 aliphatic carbocycles. The number of aromatic nitrogens is 2. The van der Waals surface area contributed by atoms with Crippen LogP contribution in [-0.4, -0.2) is 44.4 Å². The van der Waals surface area contributed by atoms with Gasteiger partial charge in [0.05, 0.1) is 5.56 Å². The number of amides is 1. The molecule has 0 bridgehead atoms. The highest BCUT2D eigenvalue weighted by molar-refractivity contribution is 5.96. The number of carbonyl (C=O) groups is 2. The van der Waals surface area contributed by atoms with E-state index in [4.69, 9.17) is 5.11 Å². The molecule has 6 nitrogen and oxygen atoms in total. The number of rotatable bonds is 2. The van der Waals surface area contributed by atoms with Crippen LogP contribution in [0.1, 0.15) is 29.6 Å². The summed E-state index contributed by atoms with van der Waals surface area (Å²) in [6.45, 7) is 0.477. The van der Waals surface area contributed by atoms with E-state index in [2.05, 4.69) is 9.97 Å². The van der Waals surface area contributed by atoms with E-state index in [1.54, 1.807) is 0 Å². The van der Waals surface area contributed by atoms with Crippen molar-refractivity contribution < 1.29 is 14.7 Å². The Hall–Kier alpha value is -1.98. The SMILES string of the molecule is O=C(O)[C@H]1CCCCN1C(=O)c1cncnc1. The van der Waals surface area contributed by atoms with Gasteiger partial charge < -0.3 is 10.0 Å². The van der Waals surface area contributed by atoms with Crippen LogP contribution in [0.3, 0.4) is 0 Å². The lowest BCUT2D eigenvalue weighted by Gasteiger charge is -2.32. The van der Waals surface area contributed by atoms with Crippen LogP contribution in [0.4, 0.5) is 0 Å². The molecule has 0 spiro atoms. The van der Waals surface area contributed by atoms with Gasteiger partial charge >= 0.3 is 5.97 Å². The third-order valence-electron chi connectivity index (χ3n) is 2.86. The maximum Gasteiger partial charge on any atom is 0.326 e. The van der Waals surface area contributed by atoms with Crippen molar-refractivity contribution in [3.05, 3.63) is 24.3 Å². The number of aliphatic carboxylic acids is 1. The monoisotopic (exact) mass is 235 g/mol. The smallest absolute Gasteiger partial charge is 0.326 e. The molecule has 1 saturated heterocycles. The van der Waals surface area contributed by atoms with Crippen LogP contribution in [0, 0.1) is 0 Å². The van der Waals surface area contributed by atoms with Crippen LogP contribution in [0.15, 0.2) is 18.7 Å². The maximum atomic E-state index is 12.1. The average molecular weight is 235 g/mol. The van der Waals surface area contributed by atoms with E-state index < -0.39 is 12.0 Å². The fourth-order valence-electron chi connectivity index (χ4n) is 2.01. The molecular formula is C11H13N3O3. The average Bonchev–Trinajstić information content (AvgIpc) is 2.39. The van der Waals surface area contributed by atoms with Crippen molar-refractivity contribution >= 4 is 11.9 Å². The lowest BCUT2D eigenvalue weighted by atomic mass is 10.0. The van der Waals surface area contributed by atoms with Crippen molar-refractivity contribution in [2.24, 2.45) is 0 Å². The molecule has 1 aromatic rings. The third-order valence-corrected chi connectivity index (χ3v) is 2.86. The Labute approximate surface area is 98.3 Å². The van der Waals surface area contributed by atoms with Gasteiger partial charge in [-0.25, -0.2) is 14.8 Å². The minimum absolute atomic E-state index is 0.308. The molecule has 0 unspecified atom stereocenters. The lowest BCUT2D eigenvalue weighted by Crippen LogP contribution is -2.48. The minimum Gasteiger partial charge on any atom is -0.480 e. The zero-order valence-electron chi connectivity index (χ0n) is 9.24. The van der Waals surface area contributed by atoms with Gasteiger partial charge in [0.1, 0.15) is 12.4 Å². The highest BCUT2D eigenvalue weighted by atomic mass is 16.4. The van der Waals surface area contributed by atoms with Crippen molar-refractivity contribution in [1.29, 1.82) is 0 Å². The highest BCUT2D eigenvalue weighted by Crippen LogP contribution is 2.19. The summed E-state index contributed by atoms with van der Waals surface area (Å²) in [5.74, 6) is -1.26. The van der Waals surface area contributed by atoms with Gasteiger partial charge in [-0.05, 0) is 19.3 Å². The molecule has 1 fully saturated rings. The molecule has 2 rings (SSSR count). The van der Waals surface area contributed by atoms with E-state index in [0.717, 1.165) is 12.8 Å². The van der Waals surface area contributed by atoms with Crippen molar-refractivity contribution in [2.75, 3.05) is 6.54 Å². The fourth-order valence-corrected chi connectivity index (χ4v) is 2.01. The predicted molar refractivity (Wildman–Crippen MR) is 58.3 cm³/mol. The number of piperidine rings is 1. The van der Waals surface area contributed by atoms with E-state index in [1.807, 2.05) is 0 Å². The van der Waals surface area contributed by atoms with Crippen LogP contribution >= 0.6 is 0 Å². The zero-order valence-corrected chi connectivity index (χ0v) is 9.24. The number of hydrogen-bond donors (Lipinski definition) is 1. The second-order valence-corrected chi connectivity index (χ2v) is 3.98. The van der Waals surface area contributed by atoms with Gasteiger partial charge in [-0.3, -0.25) is 4.79 Å². The molecule has 0 radical (unpaired) electrons. The topological polar surface area (TPSA) is 83.4 Å². The van der Waals surface area contributed by atoms with Gasteiger partial charge in [-0.15, -0.1) is 0 Å². The number of carbonyl (C=O) groups excluding carboxylic acids is 1. The van der Waals surface area contributed by atoms with Crippen molar-refractivity contribution in [1.82, 2.24) is 14.9 Å². The predicted octanol–water partition coefficient (Wildman–Crippen LogP) is 0.556. The molecule has 1 N–H and O–H groups in total. The molecule has 1 amide bonds. The first kappa shape index (κ1) is 11.5. The molecule has 0 aromatic carbocycles. The summed E-state index contributed by atoms with van der Waals surface area (Å²) in [6, 6.07) is -0.726. The quantitative estimate of drug-likeness (QED) is 0.809. The zero-order chi connectivity index (χ0) is 12.3. The summed E-state index contributed by atoms with van der Waals surface area (Å²) in [5.41, 5.74) is 0.334. The number of carboxylic acid groups (broad SMARTS) is 1. The maximum absolute atomic E-state index is 12.1. The Balaban J connectivity index is 2.20. The van der Waals surface area contributed by atoms with Gasteiger partial charge in [0.15, 0.2) is 0 Å². The van der Waals surface area contributed by atoms with E-state index in [0.29, 0.717) is 18.5 Å². The van der Waals surface area contributed by atoms with Gasteiger partial charge in [-0.2, -0.15) is 0 Å². The molecule has 0 saturated carbocycles. The molecule has 1 atom stereocenters. The van der Waals surface area contributed by atoms with Crippen LogP contribution in [-0.2, 0) is 4.79 Å². The molecule has 17 heavy (non-hydrogen) atoms. The van der Waals surface area contributed by atoms with Crippen molar-refractivity contribution in [3.8, 4) is 0 Å². The number of hydrogen-bond acceptors (Lipinski definition) is 4. The summed E-state index contributed by atoms with van der Waals surface area (Å²) in [5, 5.41) is 9.08. The summed E-state index contributed by atoms with van der Waals surface area (Å²) >= 11 is 0. The third kappa shape index (κ3) is 2.41. The van der Waals surface area contributed by atoms with Crippen molar-refractivity contribution in [2.45, 2.75) is 25.3 Å². The second-order valence-electron chi connectivity index (χ2n) is 3.98. The first-order valence-corrected chi connectivity index (χ1v) is 5.49. The second kappa shape index (κ2) is 4.90. The van der Waals surface area contributed by atoms with Gasteiger partial charge in [0, 0.05) is 18.9 Å². The largest absolute Gasteiger partial charge is 0.480 e. The molecule has 1 aliphatic rings. The van der Waals surface area contributed by atoms with E-state index in [-0.39, 0.29) is 5.91 Å². The number of carboxylic acids is 1. The Morgan fingerprint density at radius 2 is 2.00 bits per heavy atom. The minimum atomic E-state index is -0.949. The van der Waals surface area contributed by atoms with Crippen LogP contribution < -0.4 is 0 Å². The first-order chi connectivity index (χ1) is 8.20.